The molecule has 2 fully saturated rings. The summed E-state index contributed by atoms with van der Waals surface area (Å²) in [5.41, 5.74) is 0.711. The normalized spacial score (nSPS) is 17.2. The van der Waals surface area contributed by atoms with E-state index in [1.807, 2.05) is 40.9 Å². The first-order valence-electron chi connectivity index (χ1n) is 14.0. The van der Waals surface area contributed by atoms with Crippen molar-refractivity contribution in [2.24, 2.45) is 0 Å². The molecule has 0 aromatic heterocycles. The van der Waals surface area contributed by atoms with Gasteiger partial charge in [0.25, 0.3) is 5.91 Å². The van der Waals surface area contributed by atoms with Crippen LogP contribution in [0.1, 0.15) is 107 Å². The van der Waals surface area contributed by atoms with Crippen molar-refractivity contribution in [1.82, 2.24) is 9.80 Å². The summed E-state index contributed by atoms with van der Waals surface area (Å²) in [7, 11) is 1.63. The minimum absolute atomic E-state index is 0.0957. The lowest BCUT2D eigenvalue weighted by Gasteiger charge is -2.44. The van der Waals surface area contributed by atoms with Gasteiger partial charge in [0.05, 0.1) is 12.0 Å². The second-order valence-corrected chi connectivity index (χ2v) is 11.6. The van der Waals surface area contributed by atoms with E-state index in [2.05, 4.69) is 11.8 Å². The Hall–Kier alpha value is -1.69. The lowest BCUT2D eigenvalue weighted by molar-refractivity contribution is -0.132. The Morgan fingerprint density at radius 1 is 0.857 bits per heavy atom. The molecule has 0 atom stereocenters. The number of piperidine rings is 1. The van der Waals surface area contributed by atoms with E-state index >= 15 is 0 Å². The van der Waals surface area contributed by atoms with E-state index in [0.717, 1.165) is 50.4 Å². The summed E-state index contributed by atoms with van der Waals surface area (Å²) >= 11 is 1.90. The molecule has 6 heteroatoms. The second kappa shape index (κ2) is 14.8. The van der Waals surface area contributed by atoms with Crippen LogP contribution in [0.2, 0.25) is 0 Å². The predicted octanol–water partition coefficient (Wildman–Crippen LogP) is 6.90. The maximum atomic E-state index is 13.3. The van der Waals surface area contributed by atoms with Gasteiger partial charge in [-0.05, 0) is 43.5 Å². The molecule has 2 aliphatic rings. The van der Waals surface area contributed by atoms with Gasteiger partial charge in [0.1, 0.15) is 5.75 Å². The number of hydrogen-bond donors (Lipinski definition) is 0. The number of methoxy groups -OCH3 is 1. The van der Waals surface area contributed by atoms with Gasteiger partial charge < -0.3 is 14.5 Å². The highest BCUT2D eigenvalue weighted by molar-refractivity contribution is 8.00. The molecular formula is C29H46N2O3S. The molecule has 0 unspecified atom stereocenters. The lowest BCUT2D eigenvalue weighted by Crippen LogP contribution is -2.53. The first kappa shape index (κ1) is 27.9. The van der Waals surface area contributed by atoms with Crippen LogP contribution in [0.25, 0.3) is 0 Å². The van der Waals surface area contributed by atoms with Gasteiger partial charge in [-0.3, -0.25) is 9.59 Å². The van der Waals surface area contributed by atoms with E-state index in [4.69, 9.17) is 4.74 Å². The van der Waals surface area contributed by atoms with Crippen molar-refractivity contribution in [1.29, 1.82) is 0 Å². The number of carbonyl (C=O) groups excluding carboxylic acids is 2. The maximum Gasteiger partial charge on any atom is 0.255 e. The summed E-state index contributed by atoms with van der Waals surface area (Å²) in [6.07, 6.45) is 16.7. The number of benzene rings is 1. The highest BCUT2D eigenvalue weighted by atomic mass is 32.2. The maximum absolute atomic E-state index is 13.3. The van der Waals surface area contributed by atoms with Gasteiger partial charge >= 0.3 is 0 Å². The molecule has 0 N–H and O–H groups in total. The number of ether oxygens (including phenoxy) is 1. The third-order valence-electron chi connectivity index (χ3n) is 7.65. The number of likely N-dealkylation sites (tertiary alicyclic amines) is 1. The fraction of sp³-hybridized carbons (Fsp3) is 0.724. The molecule has 1 aromatic carbocycles. The molecule has 0 aliphatic carbocycles. The zero-order valence-electron chi connectivity index (χ0n) is 22.1. The van der Waals surface area contributed by atoms with Crippen molar-refractivity contribution in [2.45, 2.75) is 102 Å². The molecule has 0 bridgehead atoms. The van der Waals surface area contributed by atoms with Crippen molar-refractivity contribution in [3.63, 3.8) is 0 Å². The highest BCUT2D eigenvalue weighted by Gasteiger charge is 2.46. The van der Waals surface area contributed by atoms with E-state index in [0.29, 0.717) is 17.9 Å². The average molecular weight is 503 g/mol. The van der Waals surface area contributed by atoms with Gasteiger partial charge in [-0.15, -0.1) is 11.8 Å². The molecule has 2 aliphatic heterocycles. The standard InChI is InChI=1S/C29H46N2O3S/c1-3-4-5-6-7-8-9-10-11-12-13-14-27(32)30-21-19-29(20-22-30)31(23-24-35-29)28(33)25-15-17-26(34-2)18-16-25/h15-18H,3-14,19-24H2,1-2H3. The smallest absolute Gasteiger partial charge is 0.255 e. The van der Waals surface area contributed by atoms with Crippen LogP contribution in [-0.4, -0.2) is 59.0 Å². The topological polar surface area (TPSA) is 49.9 Å². The van der Waals surface area contributed by atoms with Crippen molar-refractivity contribution in [3.8, 4) is 5.75 Å². The molecule has 1 spiro atoms. The van der Waals surface area contributed by atoms with E-state index in [1.54, 1.807) is 7.11 Å². The predicted molar refractivity (Wildman–Crippen MR) is 146 cm³/mol. The Balaban J connectivity index is 1.33. The molecule has 0 radical (unpaired) electrons. The van der Waals surface area contributed by atoms with Crippen LogP contribution in [0, 0.1) is 0 Å². The number of carbonyl (C=O) groups is 2. The SMILES string of the molecule is CCCCCCCCCCCCCC(=O)N1CCC2(CC1)SCCN2C(=O)c1ccc(OC)cc1. The summed E-state index contributed by atoms with van der Waals surface area (Å²) in [4.78, 5) is 30.0. The summed E-state index contributed by atoms with van der Waals surface area (Å²) in [6.45, 7) is 4.57. The molecule has 3 rings (SSSR count). The number of hydrogen-bond acceptors (Lipinski definition) is 4. The van der Waals surface area contributed by atoms with Gasteiger partial charge in [0.2, 0.25) is 5.91 Å². The summed E-state index contributed by atoms with van der Waals surface area (Å²) in [5.74, 6) is 2.12. The fourth-order valence-electron chi connectivity index (χ4n) is 5.40. The number of nitrogens with zero attached hydrogens (tertiary/aromatic N) is 2. The number of rotatable bonds is 14. The largest absolute Gasteiger partial charge is 0.497 e. The Bertz CT molecular complexity index is 775. The first-order valence-corrected chi connectivity index (χ1v) is 15.0. The molecule has 2 amide bonds. The van der Waals surface area contributed by atoms with Crippen LogP contribution >= 0.6 is 11.8 Å². The molecule has 35 heavy (non-hydrogen) atoms. The number of unbranched alkanes of at least 4 members (excludes halogenated alkanes) is 10. The van der Waals surface area contributed by atoms with Gasteiger partial charge in [-0.2, -0.15) is 0 Å². The first-order chi connectivity index (χ1) is 17.1. The van der Waals surface area contributed by atoms with Crippen LogP contribution in [0.4, 0.5) is 0 Å². The van der Waals surface area contributed by atoms with E-state index in [1.165, 1.54) is 64.2 Å². The second-order valence-electron chi connectivity index (χ2n) is 10.1. The van der Waals surface area contributed by atoms with Crippen LogP contribution in [0.15, 0.2) is 24.3 Å². The monoisotopic (exact) mass is 502 g/mol. The fourth-order valence-corrected chi connectivity index (χ4v) is 6.86. The molecule has 0 saturated carbocycles. The van der Waals surface area contributed by atoms with Gasteiger partial charge in [-0.25, -0.2) is 0 Å². The van der Waals surface area contributed by atoms with Gasteiger partial charge in [0.15, 0.2) is 0 Å². The molecule has 1 aromatic rings. The third-order valence-corrected chi connectivity index (χ3v) is 9.20. The van der Waals surface area contributed by atoms with Crippen molar-refractivity contribution in [3.05, 3.63) is 29.8 Å². The minimum Gasteiger partial charge on any atom is -0.497 e. The minimum atomic E-state index is -0.162. The number of amides is 2. The zero-order chi connectivity index (χ0) is 24.9. The highest BCUT2D eigenvalue weighted by Crippen LogP contribution is 2.44. The molecule has 2 heterocycles. The summed E-state index contributed by atoms with van der Waals surface area (Å²) in [6, 6.07) is 7.40. The Morgan fingerprint density at radius 3 is 2.00 bits per heavy atom. The van der Waals surface area contributed by atoms with E-state index < -0.39 is 0 Å². The van der Waals surface area contributed by atoms with Crippen molar-refractivity contribution < 1.29 is 14.3 Å². The van der Waals surface area contributed by atoms with Gasteiger partial charge in [-0.1, -0.05) is 71.1 Å². The van der Waals surface area contributed by atoms with E-state index in [9.17, 15) is 9.59 Å². The Morgan fingerprint density at radius 2 is 1.43 bits per heavy atom. The molecule has 5 nitrogen and oxygen atoms in total. The molecule has 2 saturated heterocycles. The summed E-state index contributed by atoms with van der Waals surface area (Å²) < 4.78 is 5.22. The van der Waals surface area contributed by atoms with Gasteiger partial charge in [0, 0.05) is 37.4 Å². The molecular weight excluding hydrogens is 456 g/mol. The Kier molecular flexibility index (Phi) is 11.8. The number of thioether (sulfide) groups is 1. The van der Waals surface area contributed by atoms with Crippen molar-refractivity contribution >= 4 is 23.6 Å². The summed E-state index contributed by atoms with van der Waals surface area (Å²) in [5, 5.41) is 0. The Labute approximate surface area is 217 Å². The lowest BCUT2D eigenvalue weighted by atomic mass is 10.00. The van der Waals surface area contributed by atoms with Crippen LogP contribution in [0.5, 0.6) is 5.75 Å². The van der Waals surface area contributed by atoms with Crippen molar-refractivity contribution in [2.75, 3.05) is 32.5 Å². The van der Waals surface area contributed by atoms with Crippen LogP contribution in [0.3, 0.4) is 0 Å². The molecule has 196 valence electrons. The average Bonchev–Trinajstić information content (AvgIpc) is 3.29. The quantitative estimate of drug-likeness (QED) is 0.260. The van der Waals surface area contributed by atoms with Crippen LogP contribution in [-0.2, 0) is 4.79 Å². The van der Waals surface area contributed by atoms with E-state index in [-0.39, 0.29) is 10.8 Å². The van der Waals surface area contributed by atoms with Crippen LogP contribution < -0.4 is 4.74 Å². The zero-order valence-corrected chi connectivity index (χ0v) is 22.9. The third kappa shape index (κ3) is 8.16.